The van der Waals surface area contributed by atoms with E-state index in [9.17, 15) is 0 Å². The van der Waals surface area contributed by atoms with Crippen LogP contribution in [0.5, 0.6) is 0 Å². The van der Waals surface area contributed by atoms with Gasteiger partial charge in [-0.3, -0.25) is 4.90 Å². The normalized spacial score (nSPS) is 16.4. The van der Waals surface area contributed by atoms with Crippen molar-refractivity contribution in [2.75, 3.05) is 26.3 Å². The first-order valence-corrected chi connectivity index (χ1v) is 7.33. The average Bonchev–Trinajstić information content (AvgIpc) is 2.83. The highest BCUT2D eigenvalue weighted by Gasteiger charge is 2.11. The van der Waals surface area contributed by atoms with Gasteiger partial charge in [-0.1, -0.05) is 30.3 Å². The van der Waals surface area contributed by atoms with Crippen LogP contribution < -0.4 is 0 Å². The SMILES string of the molecule is S=c1n(Cc2ccccc2)ccn1CN1CCOCC1. The molecule has 1 aliphatic rings. The molecule has 1 aliphatic heterocycles. The predicted molar refractivity (Wildman–Crippen MR) is 81.2 cm³/mol. The minimum atomic E-state index is 0.818. The predicted octanol–water partition coefficient (Wildman–Crippen LogP) is 2.36. The van der Waals surface area contributed by atoms with Crippen molar-refractivity contribution >= 4 is 12.2 Å². The van der Waals surface area contributed by atoms with Crippen LogP contribution in [0.1, 0.15) is 5.56 Å². The van der Waals surface area contributed by atoms with Crippen LogP contribution in [0.3, 0.4) is 0 Å². The van der Waals surface area contributed by atoms with Crippen molar-refractivity contribution in [1.82, 2.24) is 14.0 Å². The quantitative estimate of drug-likeness (QED) is 0.807. The van der Waals surface area contributed by atoms with E-state index in [4.69, 9.17) is 17.0 Å². The summed E-state index contributed by atoms with van der Waals surface area (Å²) < 4.78 is 10.5. The van der Waals surface area contributed by atoms with Gasteiger partial charge in [-0.25, -0.2) is 0 Å². The smallest absolute Gasteiger partial charge is 0.181 e. The molecule has 1 saturated heterocycles. The Labute approximate surface area is 124 Å². The van der Waals surface area contributed by atoms with Crippen molar-refractivity contribution < 1.29 is 4.74 Å². The summed E-state index contributed by atoms with van der Waals surface area (Å²) in [4.78, 5) is 2.37. The lowest BCUT2D eigenvalue weighted by atomic mass is 10.2. The summed E-state index contributed by atoms with van der Waals surface area (Å²) >= 11 is 5.56. The van der Waals surface area contributed by atoms with Crippen LogP contribution in [0, 0.1) is 4.77 Å². The third-order valence-electron chi connectivity index (χ3n) is 3.57. The van der Waals surface area contributed by atoms with Crippen molar-refractivity contribution in [2.24, 2.45) is 0 Å². The van der Waals surface area contributed by atoms with Crippen molar-refractivity contribution in [1.29, 1.82) is 0 Å². The number of rotatable bonds is 4. The number of benzene rings is 1. The minimum absolute atomic E-state index is 0.818. The molecule has 106 valence electrons. The van der Waals surface area contributed by atoms with Crippen LogP contribution in [0.25, 0.3) is 0 Å². The van der Waals surface area contributed by atoms with Gasteiger partial charge in [0, 0.05) is 32.0 Å². The Bertz CT molecular complexity index is 599. The molecule has 0 amide bonds. The number of hydrogen-bond donors (Lipinski definition) is 0. The fourth-order valence-electron chi connectivity index (χ4n) is 2.42. The van der Waals surface area contributed by atoms with Crippen LogP contribution in [-0.4, -0.2) is 40.3 Å². The Morgan fingerprint density at radius 3 is 2.45 bits per heavy atom. The number of nitrogens with zero attached hydrogens (tertiary/aromatic N) is 3. The lowest BCUT2D eigenvalue weighted by Gasteiger charge is -2.26. The van der Waals surface area contributed by atoms with Crippen LogP contribution in [0.2, 0.25) is 0 Å². The molecule has 0 unspecified atom stereocenters. The fraction of sp³-hybridized carbons (Fsp3) is 0.400. The first-order chi connectivity index (χ1) is 9.83. The molecule has 1 aromatic carbocycles. The van der Waals surface area contributed by atoms with E-state index in [1.54, 1.807) is 0 Å². The molecule has 1 fully saturated rings. The van der Waals surface area contributed by atoms with Gasteiger partial charge < -0.3 is 13.9 Å². The largest absolute Gasteiger partial charge is 0.379 e. The molecule has 0 atom stereocenters. The Hall–Kier alpha value is -1.43. The van der Waals surface area contributed by atoms with E-state index in [-0.39, 0.29) is 0 Å². The van der Waals surface area contributed by atoms with Crippen molar-refractivity contribution in [3.05, 3.63) is 53.1 Å². The molecule has 1 aromatic heterocycles. The molecule has 0 spiro atoms. The van der Waals surface area contributed by atoms with Gasteiger partial charge in [0.1, 0.15) is 0 Å². The molecule has 0 aliphatic carbocycles. The number of imidazole rings is 1. The van der Waals surface area contributed by atoms with E-state index < -0.39 is 0 Å². The van der Waals surface area contributed by atoms with Crippen molar-refractivity contribution in [3.8, 4) is 0 Å². The van der Waals surface area contributed by atoms with Gasteiger partial charge >= 0.3 is 0 Å². The standard InChI is InChI=1S/C15H19N3OS/c20-15-17(12-14-4-2-1-3-5-14)6-7-18(15)13-16-8-10-19-11-9-16/h1-7H,8-13H2. The Kier molecular flexibility index (Phi) is 4.30. The molecule has 2 heterocycles. The Morgan fingerprint density at radius 1 is 1.00 bits per heavy atom. The number of hydrogen-bond acceptors (Lipinski definition) is 3. The lowest BCUT2D eigenvalue weighted by Crippen LogP contribution is -2.37. The third-order valence-corrected chi connectivity index (χ3v) is 4.04. The van der Waals surface area contributed by atoms with E-state index in [0.717, 1.165) is 44.3 Å². The van der Waals surface area contributed by atoms with E-state index in [0.29, 0.717) is 0 Å². The Morgan fingerprint density at radius 2 is 1.70 bits per heavy atom. The molecular formula is C15H19N3OS. The molecule has 5 heteroatoms. The second-order valence-corrected chi connectivity index (χ2v) is 5.40. The average molecular weight is 289 g/mol. The molecule has 2 aromatic rings. The molecule has 4 nitrogen and oxygen atoms in total. The van der Waals surface area contributed by atoms with Gasteiger partial charge in [0.25, 0.3) is 0 Å². The van der Waals surface area contributed by atoms with Gasteiger partial charge in [-0.2, -0.15) is 0 Å². The molecule has 0 N–H and O–H groups in total. The highest BCUT2D eigenvalue weighted by molar-refractivity contribution is 7.71. The molecule has 0 saturated carbocycles. The first-order valence-electron chi connectivity index (χ1n) is 6.92. The highest BCUT2D eigenvalue weighted by atomic mass is 32.1. The summed E-state index contributed by atoms with van der Waals surface area (Å²) in [6, 6.07) is 10.4. The van der Waals surface area contributed by atoms with Crippen LogP contribution in [0.4, 0.5) is 0 Å². The number of ether oxygens (including phenoxy) is 1. The summed E-state index contributed by atoms with van der Waals surface area (Å²) in [5, 5.41) is 0. The van der Waals surface area contributed by atoms with Crippen LogP contribution >= 0.6 is 12.2 Å². The second-order valence-electron chi connectivity index (χ2n) is 5.04. The maximum atomic E-state index is 5.56. The minimum Gasteiger partial charge on any atom is -0.379 e. The van der Waals surface area contributed by atoms with Crippen LogP contribution in [0.15, 0.2) is 42.7 Å². The fourth-order valence-corrected chi connectivity index (χ4v) is 2.66. The highest BCUT2D eigenvalue weighted by Crippen LogP contribution is 2.07. The monoisotopic (exact) mass is 289 g/mol. The van der Waals surface area contributed by atoms with E-state index in [1.165, 1.54) is 5.56 Å². The van der Waals surface area contributed by atoms with E-state index in [2.05, 4.69) is 50.7 Å². The molecule has 0 bridgehead atoms. The van der Waals surface area contributed by atoms with Crippen molar-refractivity contribution in [3.63, 3.8) is 0 Å². The Balaban J connectivity index is 1.70. The zero-order valence-corrected chi connectivity index (χ0v) is 12.3. The van der Waals surface area contributed by atoms with Gasteiger partial charge in [0.15, 0.2) is 4.77 Å². The maximum Gasteiger partial charge on any atom is 0.181 e. The topological polar surface area (TPSA) is 22.3 Å². The number of morpholine rings is 1. The molecule has 3 rings (SSSR count). The zero-order chi connectivity index (χ0) is 13.8. The van der Waals surface area contributed by atoms with Crippen LogP contribution in [-0.2, 0) is 18.0 Å². The van der Waals surface area contributed by atoms with E-state index >= 15 is 0 Å². The van der Waals surface area contributed by atoms with E-state index in [1.807, 2.05) is 6.07 Å². The summed E-state index contributed by atoms with van der Waals surface area (Å²) in [5.74, 6) is 0. The first kappa shape index (κ1) is 13.5. The zero-order valence-electron chi connectivity index (χ0n) is 11.4. The molecule has 0 radical (unpaired) electrons. The van der Waals surface area contributed by atoms with Gasteiger partial charge in [-0.15, -0.1) is 0 Å². The van der Waals surface area contributed by atoms with Gasteiger partial charge in [0.05, 0.1) is 19.9 Å². The summed E-state index contributed by atoms with van der Waals surface area (Å²) in [6.07, 6.45) is 4.14. The summed E-state index contributed by atoms with van der Waals surface area (Å²) in [6.45, 7) is 5.27. The number of aromatic nitrogens is 2. The lowest BCUT2D eigenvalue weighted by molar-refractivity contribution is 0.0231. The maximum absolute atomic E-state index is 5.56. The molecular weight excluding hydrogens is 270 g/mol. The summed E-state index contributed by atoms with van der Waals surface area (Å²) in [5.41, 5.74) is 1.27. The second kappa shape index (κ2) is 6.35. The summed E-state index contributed by atoms with van der Waals surface area (Å²) in [7, 11) is 0. The van der Waals surface area contributed by atoms with Crippen molar-refractivity contribution in [2.45, 2.75) is 13.2 Å². The van der Waals surface area contributed by atoms with Gasteiger partial charge in [-0.05, 0) is 17.8 Å². The third kappa shape index (κ3) is 3.17. The van der Waals surface area contributed by atoms with Gasteiger partial charge in [0.2, 0.25) is 0 Å². The molecule has 20 heavy (non-hydrogen) atoms.